The summed E-state index contributed by atoms with van der Waals surface area (Å²) in [5.41, 5.74) is 0.370. The van der Waals surface area contributed by atoms with E-state index in [4.69, 9.17) is 4.74 Å². The predicted octanol–water partition coefficient (Wildman–Crippen LogP) is 3.20. The van der Waals surface area contributed by atoms with Crippen molar-refractivity contribution in [3.63, 3.8) is 0 Å². The van der Waals surface area contributed by atoms with Crippen molar-refractivity contribution >= 4 is 36.4 Å². The van der Waals surface area contributed by atoms with E-state index in [9.17, 15) is 4.91 Å². The molecule has 0 aliphatic carbocycles. The van der Waals surface area contributed by atoms with Crippen LogP contribution in [-0.2, 0) is 11.5 Å². The first-order valence-electron chi connectivity index (χ1n) is 5.06. The number of halogens is 1. The number of aromatic nitrogens is 2. The van der Waals surface area contributed by atoms with Gasteiger partial charge in [0.25, 0.3) is 0 Å². The van der Waals surface area contributed by atoms with Gasteiger partial charge >= 0.3 is 0 Å². The molecular formula is C9H16IN3O2Si. The average molecular weight is 353 g/mol. The number of rotatable bonds is 6. The summed E-state index contributed by atoms with van der Waals surface area (Å²) in [5, 5.41) is 6.89. The molecule has 1 rings (SSSR count). The third-order valence-corrected chi connectivity index (χ3v) is 4.88. The van der Waals surface area contributed by atoms with E-state index in [0.29, 0.717) is 12.4 Å². The van der Waals surface area contributed by atoms with Crippen molar-refractivity contribution < 1.29 is 4.74 Å². The Kier molecular flexibility index (Phi) is 5.06. The molecule has 0 radical (unpaired) electrons. The zero-order chi connectivity index (χ0) is 12.2. The molecule has 0 bridgehead atoms. The summed E-state index contributed by atoms with van der Waals surface area (Å²) in [7, 11) is -1.04. The van der Waals surface area contributed by atoms with E-state index in [1.165, 1.54) is 6.20 Å². The molecule has 90 valence electrons. The summed E-state index contributed by atoms with van der Waals surface area (Å²) < 4.78 is 7.88. The minimum absolute atomic E-state index is 0.370. The molecular weight excluding hydrogens is 337 g/mol. The van der Waals surface area contributed by atoms with Gasteiger partial charge in [-0.1, -0.05) is 19.6 Å². The highest BCUT2D eigenvalue weighted by Gasteiger charge is 2.13. The molecule has 1 aromatic heterocycles. The third-order valence-electron chi connectivity index (χ3n) is 2.07. The summed E-state index contributed by atoms with van der Waals surface area (Å²) in [4.78, 5) is 10.4. The molecule has 1 aromatic rings. The molecule has 1 heterocycles. The maximum atomic E-state index is 10.4. The van der Waals surface area contributed by atoms with Gasteiger partial charge in [0.2, 0.25) is 0 Å². The first-order chi connectivity index (χ1) is 7.44. The minimum Gasteiger partial charge on any atom is -0.359 e. The molecule has 16 heavy (non-hydrogen) atoms. The van der Waals surface area contributed by atoms with Crippen molar-refractivity contribution in [1.82, 2.24) is 9.78 Å². The van der Waals surface area contributed by atoms with Gasteiger partial charge in [0, 0.05) is 14.7 Å². The van der Waals surface area contributed by atoms with Crippen molar-refractivity contribution in [3.8, 4) is 0 Å². The third kappa shape index (κ3) is 4.30. The van der Waals surface area contributed by atoms with Gasteiger partial charge < -0.3 is 4.74 Å². The van der Waals surface area contributed by atoms with Gasteiger partial charge in [-0.2, -0.15) is 5.10 Å². The standard InChI is InChI=1S/C9H16IN3O2Si/c1-16(2,3)5-4-15-7-13-9(10)8(12-14)6-11-13/h6H,4-5,7H2,1-3H3. The highest BCUT2D eigenvalue weighted by molar-refractivity contribution is 14.1. The maximum Gasteiger partial charge on any atom is 0.159 e. The maximum absolute atomic E-state index is 10.4. The Bertz CT molecular complexity index is 362. The fraction of sp³-hybridized carbons (Fsp3) is 0.667. The lowest BCUT2D eigenvalue weighted by Crippen LogP contribution is -2.22. The highest BCUT2D eigenvalue weighted by atomic mass is 127. The zero-order valence-corrected chi connectivity index (χ0v) is 12.9. The van der Waals surface area contributed by atoms with Gasteiger partial charge in [0.1, 0.15) is 10.4 Å². The van der Waals surface area contributed by atoms with Crippen LogP contribution in [0.3, 0.4) is 0 Å². The van der Waals surface area contributed by atoms with Gasteiger partial charge in [-0.3, -0.25) is 0 Å². The van der Waals surface area contributed by atoms with Crippen LogP contribution in [0.5, 0.6) is 0 Å². The molecule has 0 saturated heterocycles. The van der Waals surface area contributed by atoms with E-state index >= 15 is 0 Å². The number of hydrogen-bond acceptors (Lipinski definition) is 4. The van der Waals surface area contributed by atoms with Gasteiger partial charge in [0.05, 0.1) is 6.20 Å². The fourth-order valence-electron chi connectivity index (χ4n) is 1.04. The summed E-state index contributed by atoms with van der Waals surface area (Å²) in [6.07, 6.45) is 1.46. The number of nitroso groups, excluding NO2 is 1. The molecule has 0 atom stereocenters. The Hall–Kier alpha value is -0.283. The molecule has 0 unspecified atom stereocenters. The van der Waals surface area contributed by atoms with E-state index in [1.54, 1.807) is 4.68 Å². The molecule has 0 fully saturated rings. The number of ether oxygens (including phenoxy) is 1. The van der Waals surface area contributed by atoms with E-state index < -0.39 is 8.07 Å². The summed E-state index contributed by atoms with van der Waals surface area (Å²) in [6.45, 7) is 8.06. The Morgan fingerprint density at radius 2 is 2.25 bits per heavy atom. The Labute approximate surface area is 110 Å². The van der Waals surface area contributed by atoms with Crippen molar-refractivity contribution in [2.75, 3.05) is 6.61 Å². The van der Waals surface area contributed by atoms with E-state index in [0.717, 1.165) is 16.4 Å². The molecule has 0 amide bonds. The van der Waals surface area contributed by atoms with Crippen molar-refractivity contribution in [2.45, 2.75) is 32.4 Å². The summed E-state index contributed by atoms with van der Waals surface area (Å²) >= 11 is 2.04. The van der Waals surface area contributed by atoms with Crippen LogP contribution in [0.2, 0.25) is 25.7 Å². The molecule has 0 aromatic carbocycles. The second-order valence-corrected chi connectivity index (χ2v) is 11.4. The second kappa shape index (κ2) is 5.87. The summed E-state index contributed by atoms with van der Waals surface area (Å²) in [5.74, 6) is 0. The van der Waals surface area contributed by atoms with Crippen molar-refractivity contribution in [1.29, 1.82) is 0 Å². The van der Waals surface area contributed by atoms with Crippen molar-refractivity contribution in [3.05, 3.63) is 14.8 Å². The summed E-state index contributed by atoms with van der Waals surface area (Å²) in [6, 6.07) is 1.13. The van der Waals surface area contributed by atoms with Gasteiger partial charge in [0.15, 0.2) is 5.69 Å². The molecule has 0 N–H and O–H groups in total. The number of nitrogens with zero attached hydrogens (tertiary/aromatic N) is 3. The van der Waals surface area contributed by atoms with Gasteiger partial charge in [-0.15, -0.1) is 4.91 Å². The van der Waals surface area contributed by atoms with Crippen LogP contribution >= 0.6 is 22.6 Å². The van der Waals surface area contributed by atoms with E-state index in [-0.39, 0.29) is 0 Å². The van der Waals surface area contributed by atoms with Gasteiger partial charge in [-0.25, -0.2) is 4.68 Å². The van der Waals surface area contributed by atoms with Crippen LogP contribution < -0.4 is 0 Å². The normalized spacial score (nSPS) is 11.8. The molecule has 5 nitrogen and oxygen atoms in total. The molecule has 0 saturated carbocycles. The van der Waals surface area contributed by atoms with Gasteiger partial charge in [-0.05, 0) is 33.8 Å². The quantitative estimate of drug-likeness (QED) is 0.342. The Balaban J connectivity index is 2.38. The zero-order valence-electron chi connectivity index (χ0n) is 9.73. The van der Waals surface area contributed by atoms with Crippen LogP contribution in [0, 0.1) is 8.61 Å². The largest absolute Gasteiger partial charge is 0.359 e. The van der Waals surface area contributed by atoms with Crippen LogP contribution in [-0.4, -0.2) is 24.5 Å². The molecule has 0 aliphatic heterocycles. The Morgan fingerprint density at radius 3 is 2.75 bits per heavy atom. The number of hydrogen-bond donors (Lipinski definition) is 0. The monoisotopic (exact) mass is 353 g/mol. The van der Waals surface area contributed by atoms with Crippen LogP contribution in [0.15, 0.2) is 11.4 Å². The van der Waals surface area contributed by atoms with Crippen LogP contribution in [0.4, 0.5) is 5.69 Å². The van der Waals surface area contributed by atoms with E-state index in [2.05, 4.69) is 29.9 Å². The highest BCUT2D eigenvalue weighted by Crippen LogP contribution is 2.20. The lowest BCUT2D eigenvalue weighted by molar-refractivity contribution is 0.0768. The predicted molar refractivity (Wildman–Crippen MR) is 74.5 cm³/mol. The molecule has 0 aliphatic rings. The lowest BCUT2D eigenvalue weighted by atomic mass is 10.6. The smallest absolute Gasteiger partial charge is 0.159 e. The van der Waals surface area contributed by atoms with Crippen LogP contribution in [0.1, 0.15) is 0 Å². The first-order valence-corrected chi connectivity index (χ1v) is 9.85. The van der Waals surface area contributed by atoms with Crippen LogP contribution in [0.25, 0.3) is 0 Å². The average Bonchev–Trinajstić information content (AvgIpc) is 2.53. The second-order valence-electron chi connectivity index (χ2n) is 4.76. The topological polar surface area (TPSA) is 56.5 Å². The molecule has 7 heteroatoms. The van der Waals surface area contributed by atoms with E-state index in [1.807, 2.05) is 22.6 Å². The SMILES string of the molecule is C[Si](C)(C)CCOCn1ncc(N=O)c1I. The minimum atomic E-state index is -1.04. The van der Waals surface area contributed by atoms with Crippen molar-refractivity contribution in [2.24, 2.45) is 5.18 Å². The fourth-order valence-corrected chi connectivity index (χ4v) is 2.30. The molecule has 0 spiro atoms. The lowest BCUT2D eigenvalue weighted by Gasteiger charge is -2.15. The first kappa shape index (κ1) is 13.8. The Morgan fingerprint density at radius 1 is 1.56 bits per heavy atom.